The van der Waals surface area contributed by atoms with Crippen molar-refractivity contribution in [3.8, 4) is 0 Å². The Balaban J connectivity index is 2.51. The van der Waals surface area contributed by atoms with Crippen LogP contribution < -0.4 is 5.73 Å². The van der Waals surface area contributed by atoms with Gasteiger partial charge in [0, 0.05) is 0 Å². The number of carbonyl (C=O) groups excluding carboxylic acids is 1. The van der Waals surface area contributed by atoms with Gasteiger partial charge in [0.05, 0.1) is 18.8 Å². The van der Waals surface area contributed by atoms with Gasteiger partial charge in [0.25, 0.3) is 0 Å². The molecule has 1 unspecified atom stereocenters. The molecule has 0 bridgehead atoms. The van der Waals surface area contributed by atoms with E-state index in [9.17, 15) is 9.59 Å². The molecule has 0 saturated carbocycles. The van der Waals surface area contributed by atoms with E-state index in [-0.39, 0.29) is 19.2 Å². The summed E-state index contributed by atoms with van der Waals surface area (Å²) >= 11 is 0. The third kappa shape index (κ3) is 6.37. The fourth-order valence-electron chi connectivity index (χ4n) is 1.45. The first-order chi connectivity index (χ1) is 9.69. The molecule has 0 fully saturated rings. The van der Waals surface area contributed by atoms with Gasteiger partial charge in [0.2, 0.25) is 0 Å². The smallest absolute Gasteiger partial charge is 0.338 e. The molecule has 6 nitrogen and oxygen atoms in total. The maximum absolute atomic E-state index is 11.8. The van der Waals surface area contributed by atoms with Crippen LogP contribution in [0.1, 0.15) is 36.7 Å². The maximum Gasteiger partial charge on any atom is 0.338 e. The number of carboxylic acids is 1. The number of aliphatic carboxylic acids is 1. The van der Waals surface area contributed by atoms with E-state index in [4.69, 9.17) is 20.3 Å². The van der Waals surface area contributed by atoms with Crippen LogP contribution in [0, 0.1) is 0 Å². The van der Waals surface area contributed by atoms with Crippen LogP contribution in [0.2, 0.25) is 0 Å². The van der Waals surface area contributed by atoms with E-state index in [1.54, 1.807) is 45.0 Å². The molecule has 0 heterocycles. The first-order valence-electron chi connectivity index (χ1n) is 6.57. The van der Waals surface area contributed by atoms with Crippen LogP contribution in [-0.4, -0.2) is 35.3 Å². The van der Waals surface area contributed by atoms with Crippen LogP contribution in [0.25, 0.3) is 0 Å². The lowest BCUT2D eigenvalue weighted by molar-refractivity contribution is -0.140. The van der Waals surface area contributed by atoms with Crippen molar-refractivity contribution in [3.63, 3.8) is 0 Å². The predicted molar refractivity (Wildman–Crippen MR) is 76.9 cm³/mol. The second-order valence-corrected chi connectivity index (χ2v) is 5.66. The zero-order chi connectivity index (χ0) is 16.0. The fourth-order valence-corrected chi connectivity index (χ4v) is 1.45. The first-order valence-corrected chi connectivity index (χ1v) is 6.57. The molecule has 1 aromatic carbocycles. The standard InChI is InChI=1S/C15H21NO5/c1-15(2,3)21-14(19)11-6-4-10(5-7-11)8-20-9-12(16)13(17)18/h4-7,12H,8-9,16H2,1-3H3,(H,17,18). The highest BCUT2D eigenvalue weighted by molar-refractivity contribution is 5.89. The van der Waals surface area contributed by atoms with Crippen LogP contribution >= 0.6 is 0 Å². The normalized spacial score (nSPS) is 12.8. The molecule has 116 valence electrons. The molecule has 0 aliphatic heterocycles. The van der Waals surface area contributed by atoms with Crippen LogP contribution in [0.15, 0.2) is 24.3 Å². The zero-order valence-electron chi connectivity index (χ0n) is 12.5. The third-order valence-corrected chi connectivity index (χ3v) is 2.47. The number of carboxylic acid groups (broad SMARTS) is 1. The summed E-state index contributed by atoms with van der Waals surface area (Å²) in [6.07, 6.45) is 0. The van der Waals surface area contributed by atoms with E-state index in [1.165, 1.54) is 0 Å². The average molecular weight is 295 g/mol. The van der Waals surface area contributed by atoms with Crippen LogP contribution in [0.3, 0.4) is 0 Å². The second kappa shape index (κ2) is 7.19. The van der Waals surface area contributed by atoms with Gasteiger partial charge in [-0.3, -0.25) is 4.79 Å². The number of esters is 1. The number of ether oxygens (including phenoxy) is 2. The van der Waals surface area contributed by atoms with Gasteiger partial charge in [-0.25, -0.2) is 4.79 Å². The number of nitrogens with two attached hydrogens (primary N) is 1. The Labute approximate surface area is 123 Å². The van der Waals surface area contributed by atoms with Crippen molar-refractivity contribution < 1.29 is 24.2 Å². The van der Waals surface area contributed by atoms with Crippen LogP contribution in [-0.2, 0) is 20.9 Å². The third-order valence-electron chi connectivity index (χ3n) is 2.47. The van der Waals surface area contributed by atoms with Crippen molar-refractivity contribution in [1.29, 1.82) is 0 Å². The average Bonchev–Trinajstić information content (AvgIpc) is 2.37. The van der Waals surface area contributed by atoms with Crippen molar-refractivity contribution in [3.05, 3.63) is 35.4 Å². The summed E-state index contributed by atoms with van der Waals surface area (Å²) in [6, 6.07) is 5.70. The molecule has 0 saturated heterocycles. The monoisotopic (exact) mass is 295 g/mol. The Morgan fingerprint density at radius 2 is 1.81 bits per heavy atom. The van der Waals surface area contributed by atoms with E-state index >= 15 is 0 Å². The van der Waals surface area contributed by atoms with Gasteiger partial charge >= 0.3 is 11.9 Å². The van der Waals surface area contributed by atoms with Crippen molar-refractivity contribution in [2.45, 2.75) is 39.0 Å². The van der Waals surface area contributed by atoms with Gasteiger partial charge < -0.3 is 20.3 Å². The Morgan fingerprint density at radius 3 is 2.29 bits per heavy atom. The van der Waals surface area contributed by atoms with E-state index in [1.807, 2.05) is 0 Å². The molecule has 0 spiro atoms. The Morgan fingerprint density at radius 1 is 1.24 bits per heavy atom. The van der Waals surface area contributed by atoms with Gasteiger partial charge in [-0.1, -0.05) is 12.1 Å². The van der Waals surface area contributed by atoms with Gasteiger partial charge in [0.1, 0.15) is 11.6 Å². The van der Waals surface area contributed by atoms with Crippen molar-refractivity contribution in [2.24, 2.45) is 5.73 Å². The summed E-state index contributed by atoms with van der Waals surface area (Å²) in [4.78, 5) is 22.3. The van der Waals surface area contributed by atoms with Crippen LogP contribution in [0.4, 0.5) is 0 Å². The van der Waals surface area contributed by atoms with E-state index in [0.717, 1.165) is 5.56 Å². The summed E-state index contributed by atoms with van der Waals surface area (Å²) in [5, 5.41) is 8.61. The maximum atomic E-state index is 11.8. The predicted octanol–water partition coefficient (Wildman–Crippen LogP) is 1.57. The second-order valence-electron chi connectivity index (χ2n) is 5.66. The molecule has 1 aromatic rings. The lowest BCUT2D eigenvalue weighted by Crippen LogP contribution is -2.34. The number of carbonyl (C=O) groups is 2. The fraction of sp³-hybridized carbons (Fsp3) is 0.467. The summed E-state index contributed by atoms with van der Waals surface area (Å²) in [5.41, 5.74) is 6.06. The molecule has 21 heavy (non-hydrogen) atoms. The van der Waals surface area contributed by atoms with Crippen LogP contribution in [0.5, 0.6) is 0 Å². The Bertz CT molecular complexity index is 490. The highest BCUT2D eigenvalue weighted by Gasteiger charge is 2.17. The first kappa shape index (κ1) is 17.1. The van der Waals surface area contributed by atoms with Crippen molar-refractivity contribution >= 4 is 11.9 Å². The van der Waals surface area contributed by atoms with Crippen molar-refractivity contribution in [1.82, 2.24) is 0 Å². The SMILES string of the molecule is CC(C)(C)OC(=O)c1ccc(COCC(N)C(=O)O)cc1. The summed E-state index contributed by atoms with van der Waals surface area (Å²) < 4.78 is 10.5. The number of benzene rings is 1. The molecule has 1 rings (SSSR count). The molecular weight excluding hydrogens is 274 g/mol. The van der Waals surface area contributed by atoms with Gasteiger partial charge in [-0.15, -0.1) is 0 Å². The quantitative estimate of drug-likeness (QED) is 0.773. The molecule has 0 aromatic heterocycles. The highest BCUT2D eigenvalue weighted by Crippen LogP contribution is 2.13. The summed E-state index contributed by atoms with van der Waals surface area (Å²) in [6.45, 7) is 5.58. The van der Waals surface area contributed by atoms with Crippen molar-refractivity contribution in [2.75, 3.05) is 6.61 Å². The molecule has 0 amide bonds. The molecule has 1 atom stereocenters. The molecule has 0 aliphatic rings. The minimum atomic E-state index is -1.10. The molecule has 0 aliphatic carbocycles. The minimum Gasteiger partial charge on any atom is -0.480 e. The topological polar surface area (TPSA) is 98.9 Å². The van der Waals surface area contributed by atoms with Gasteiger partial charge in [-0.2, -0.15) is 0 Å². The molecule has 3 N–H and O–H groups in total. The zero-order valence-corrected chi connectivity index (χ0v) is 12.5. The van der Waals surface area contributed by atoms with Gasteiger partial charge in [0.15, 0.2) is 0 Å². The molecule has 0 radical (unpaired) electrons. The summed E-state index contributed by atoms with van der Waals surface area (Å²) in [7, 11) is 0. The van der Waals surface area contributed by atoms with E-state index in [0.29, 0.717) is 5.56 Å². The minimum absolute atomic E-state index is 0.0663. The number of hydrogen-bond acceptors (Lipinski definition) is 5. The highest BCUT2D eigenvalue weighted by atomic mass is 16.6. The lowest BCUT2D eigenvalue weighted by Gasteiger charge is -2.19. The number of hydrogen-bond donors (Lipinski definition) is 2. The Kier molecular flexibility index (Phi) is 5.87. The molecule has 6 heteroatoms. The lowest BCUT2D eigenvalue weighted by atomic mass is 10.1. The summed E-state index contributed by atoms with van der Waals surface area (Å²) in [5.74, 6) is -1.49. The van der Waals surface area contributed by atoms with E-state index < -0.39 is 17.6 Å². The van der Waals surface area contributed by atoms with E-state index in [2.05, 4.69) is 0 Å². The van der Waals surface area contributed by atoms with Gasteiger partial charge in [-0.05, 0) is 38.5 Å². The Hall–Kier alpha value is -1.92. The molecular formula is C15H21NO5. The largest absolute Gasteiger partial charge is 0.480 e. The number of rotatable bonds is 6.